The van der Waals surface area contributed by atoms with Gasteiger partial charge in [-0.2, -0.15) is 0 Å². The molecule has 0 bridgehead atoms. The maximum absolute atomic E-state index is 9.77. The predicted molar refractivity (Wildman–Crippen MR) is 108 cm³/mol. The zero-order valence-corrected chi connectivity index (χ0v) is 15.5. The zero-order valence-electron chi connectivity index (χ0n) is 14.7. The Morgan fingerprint density at radius 1 is 0.808 bits per heavy atom. The van der Waals surface area contributed by atoms with E-state index >= 15 is 0 Å². The van der Waals surface area contributed by atoms with Gasteiger partial charge in [-0.1, -0.05) is 47.9 Å². The molecule has 0 unspecified atom stereocenters. The van der Waals surface area contributed by atoms with Crippen LogP contribution in [-0.2, 0) is 0 Å². The fraction of sp³-hybridized carbons (Fsp3) is 0.130. The second kappa shape index (κ2) is 6.57. The minimum atomic E-state index is -0.985. The van der Waals surface area contributed by atoms with E-state index in [-0.39, 0.29) is 0 Å². The summed E-state index contributed by atoms with van der Waals surface area (Å²) in [4.78, 5) is 4.78. The zero-order chi connectivity index (χ0) is 18.1. The van der Waals surface area contributed by atoms with Crippen LogP contribution in [0.2, 0.25) is 0 Å². The highest BCUT2D eigenvalue weighted by Gasteiger charge is 2.23. The molecular weight excluding hydrogens is 338 g/mol. The van der Waals surface area contributed by atoms with Crippen molar-refractivity contribution in [2.24, 2.45) is 0 Å². The number of para-hydroxylation sites is 2. The van der Waals surface area contributed by atoms with Crippen LogP contribution in [0.3, 0.4) is 0 Å². The van der Waals surface area contributed by atoms with Crippen molar-refractivity contribution in [1.82, 2.24) is 0 Å². The Kier molecular flexibility index (Phi) is 4.24. The normalized spacial score (nSPS) is 12.7. The molecule has 4 rings (SSSR count). The van der Waals surface area contributed by atoms with Gasteiger partial charge in [-0.3, -0.25) is 0 Å². The van der Waals surface area contributed by atoms with Gasteiger partial charge >= 0.3 is 0 Å². The summed E-state index contributed by atoms with van der Waals surface area (Å²) in [6.07, 6.45) is 0. The Morgan fingerprint density at radius 2 is 1.35 bits per heavy atom. The van der Waals surface area contributed by atoms with Gasteiger partial charge in [0.2, 0.25) is 0 Å². The van der Waals surface area contributed by atoms with Crippen LogP contribution < -0.4 is 4.90 Å². The molecule has 3 aromatic rings. The Labute approximate surface area is 158 Å². The SMILES string of the molecule is CC(C)(O)C#Cc1ccc(N2c3ccccc3Sc3ccccc32)cc1. The Morgan fingerprint density at radius 3 is 1.88 bits per heavy atom. The molecule has 1 aliphatic rings. The molecule has 3 heteroatoms. The molecule has 0 radical (unpaired) electrons. The fourth-order valence-corrected chi connectivity index (χ4v) is 3.96. The molecule has 26 heavy (non-hydrogen) atoms. The van der Waals surface area contributed by atoms with Crippen LogP contribution in [0, 0.1) is 11.8 Å². The summed E-state index contributed by atoms with van der Waals surface area (Å²) in [5, 5.41) is 9.77. The average Bonchev–Trinajstić information content (AvgIpc) is 2.64. The first-order valence-electron chi connectivity index (χ1n) is 8.53. The predicted octanol–water partition coefficient (Wildman–Crippen LogP) is 5.74. The van der Waals surface area contributed by atoms with Crippen molar-refractivity contribution in [3.05, 3.63) is 78.4 Å². The summed E-state index contributed by atoms with van der Waals surface area (Å²) in [5.74, 6) is 5.89. The lowest BCUT2D eigenvalue weighted by Crippen LogP contribution is -2.15. The number of anilines is 3. The second-order valence-electron chi connectivity index (χ2n) is 6.73. The lowest BCUT2D eigenvalue weighted by Gasteiger charge is -2.32. The minimum absolute atomic E-state index is 0.892. The summed E-state index contributed by atoms with van der Waals surface area (Å²) in [6, 6.07) is 25.1. The number of hydrogen-bond acceptors (Lipinski definition) is 3. The standard InChI is InChI=1S/C23H19NOS/c1-23(2,25)16-15-17-11-13-18(14-12-17)24-19-7-3-5-9-21(19)26-22-10-6-4-8-20(22)24/h3-14,25H,1-2H3. The first-order valence-corrected chi connectivity index (χ1v) is 9.35. The van der Waals surface area contributed by atoms with E-state index in [1.54, 1.807) is 25.6 Å². The highest BCUT2D eigenvalue weighted by Crippen LogP contribution is 2.50. The van der Waals surface area contributed by atoms with Crippen molar-refractivity contribution in [3.63, 3.8) is 0 Å². The van der Waals surface area contributed by atoms with Gasteiger partial charge in [0.15, 0.2) is 0 Å². The molecular formula is C23H19NOS. The summed E-state index contributed by atoms with van der Waals surface area (Å²) in [7, 11) is 0. The van der Waals surface area contributed by atoms with Gasteiger partial charge in [-0.15, -0.1) is 0 Å². The third-order valence-electron chi connectivity index (χ3n) is 4.07. The fourth-order valence-electron chi connectivity index (χ4n) is 2.90. The first kappa shape index (κ1) is 16.8. The van der Waals surface area contributed by atoms with E-state index in [0.717, 1.165) is 11.3 Å². The van der Waals surface area contributed by atoms with Crippen LogP contribution in [0.25, 0.3) is 0 Å². The van der Waals surface area contributed by atoms with Crippen LogP contribution in [0.15, 0.2) is 82.6 Å². The van der Waals surface area contributed by atoms with Gasteiger partial charge in [0.05, 0.1) is 11.4 Å². The van der Waals surface area contributed by atoms with Gasteiger partial charge in [0, 0.05) is 21.0 Å². The molecule has 0 spiro atoms. The van der Waals surface area contributed by atoms with Gasteiger partial charge in [0.1, 0.15) is 5.60 Å². The van der Waals surface area contributed by atoms with Crippen molar-refractivity contribution >= 4 is 28.8 Å². The number of benzene rings is 3. The number of fused-ring (bicyclic) bond motifs is 2. The molecule has 1 aliphatic heterocycles. The first-order chi connectivity index (χ1) is 12.5. The molecule has 0 amide bonds. The van der Waals surface area contributed by atoms with E-state index in [2.05, 4.69) is 77.4 Å². The summed E-state index contributed by atoms with van der Waals surface area (Å²) < 4.78 is 0. The van der Waals surface area contributed by atoms with Crippen LogP contribution in [0.1, 0.15) is 19.4 Å². The van der Waals surface area contributed by atoms with E-state index in [1.807, 2.05) is 12.1 Å². The minimum Gasteiger partial charge on any atom is -0.378 e. The topological polar surface area (TPSA) is 23.5 Å². The lowest BCUT2D eigenvalue weighted by atomic mass is 10.1. The number of rotatable bonds is 1. The molecule has 0 aliphatic carbocycles. The van der Waals surface area contributed by atoms with Crippen molar-refractivity contribution in [3.8, 4) is 11.8 Å². The third kappa shape index (κ3) is 3.35. The van der Waals surface area contributed by atoms with Crippen molar-refractivity contribution in [2.75, 3.05) is 4.90 Å². The van der Waals surface area contributed by atoms with Crippen LogP contribution in [0.4, 0.5) is 17.1 Å². The monoisotopic (exact) mass is 357 g/mol. The lowest BCUT2D eigenvalue weighted by molar-refractivity contribution is 0.143. The molecule has 1 heterocycles. The number of aliphatic hydroxyl groups is 1. The molecule has 3 aromatic carbocycles. The van der Waals surface area contributed by atoms with Crippen LogP contribution in [0.5, 0.6) is 0 Å². The van der Waals surface area contributed by atoms with Crippen LogP contribution in [-0.4, -0.2) is 10.7 Å². The molecule has 2 nitrogen and oxygen atoms in total. The third-order valence-corrected chi connectivity index (χ3v) is 5.20. The van der Waals surface area contributed by atoms with E-state index in [4.69, 9.17) is 0 Å². The highest BCUT2D eigenvalue weighted by molar-refractivity contribution is 7.99. The van der Waals surface area contributed by atoms with Gasteiger partial charge in [-0.25, -0.2) is 0 Å². The molecule has 0 saturated heterocycles. The Balaban J connectivity index is 1.77. The summed E-state index contributed by atoms with van der Waals surface area (Å²) >= 11 is 1.80. The van der Waals surface area contributed by atoms with Gasteiger partial charge in [0.25, 0.3) is 0 Å². The quantitative estimate of drug-likeness (QED) is 0.439. The second-order valence-corrected chi connectivity index (χ2v) is 7.81. The van der Waals surface area contributed by atoms with E-state index in [1.165, 1.54) is 21.2 Å². The molecule has 0 saturated carbocycles. The van der Waals surface area contributed by atoms with Gasteiger partial charge < -0.3 is 10.0 Å². The van der Waals surface area contributed by atoms with E-state index < -0.39 is 5.60 Å². The summed E-state index contributed by atoms with van der Waals surface area (Å²) in [6.45, 7) is 3.38. The maximum atomic E-state index is 9.77. The van der Waals surface area contributed by atoms with Crippen molar-refractivity contribution in [1.29, 1.82) is 0 Å². The molecule has 128 valence electrons. The van der Waals surface area contributed by atoms with Gasteiger partial charge in [-0.05, 0) is 62.4 Å². The number of hydrogen-bond donors (Lipinski definition) is 1. The maximum Gasteiger partial charge on any atom is 0.120 e. The van der Waals surface area contributed by atoms with E-state index in [0.29, 0.717) is 0 Å². The Bertz CT molecular complexity index is 961. The number of nitrogens with zero attached hydrogens (tertiary/aromatic N) is 1. The van der Waals surface area contributed by atoms with Crippen LogP contribution >= 0.6 is 11.8 Å². The Hall–Kier alpha value is -2.67. The van der Waals surface area contributed by atoms with E-state index in [9.17, 15) is 5.11 Å². The highest BCUT2D eigenvalue weighted by atomic mass is 32.2. The molecule has 0 fully saturated rings. The molecule has 0 aromatic heterocycles. The average molecular weight is 357 g/mol. The van der Waals surface area contributed by atoms with Crippen molar-refractivity contribution < 1.29 is 5.11 Å². The summed E-state index contributed by atoms with van der Waals surface area (Å²) in [5.41, 5.74) is 3.38. The smallest absolute Gasteiger partial charge is 0.120 e. The molecule has 0 atom stereocenters. The van der Waals surface area contributed by atoms with Crippen molar-refractivity contribution in [2.45, 2.75) is 29.2 Å². The molecule has 1 N–H and O–H groups in total. The largest absolute Gasteiger partial charge is 0.378 e.